The van der Waals surface area contributed by atoms with Crippen LogP contribution in [0.15, 0.2) is 0 Å². The van der Waals surface area contributed by atoms with Crippen molar-refractivity contribution in [3.8, 4) is 0 Å². The van der Waals surface area contributed by atoms with Gasteiger partial charge < -0.3 is 10.2 Å². The first kappa shape index (κ1) is 9.34. The van der Waals surface area contributed by atoms with Gasteiger partial charge in [-0.3, -0.25) is 10.1 Å². The topological polar surface area (TPSA) is 86.6 Å². The van der Waals surface area contributed by atoms with Crippen LogP contribution in [0, 0.1) is 0 Å². The fourth-order valence-corrected chi connectivity index (χ4v) is 2.00. The highest BCUT2D eigenvalue weighted by atomic mass is 32.2. The third kappa shape index (κ3) is 1.54. The quantitative estimate of drug-likeness (QED) is 0.549. The lowest BCUT2D eigenvalue weighted by Gasteiger charge is -2.17. The van der Waals surface area contributed by atoms with Crippen LogP contribution in [0.5, 0.6) is 0 Å². The van der Waals surface area contributed by atoms with Crippen molar-refractivity contribution in [3.05, 3.63) is 0 Å². The standard InChI is InChI=1S/C6H9NO4S/c1-6(5(10)11)7-3(2-12-6)4(8)9/h3,7H,2H2,1H3,(H,8,9)(H,10,11)/t3-,6+/m0/s1. The van der Waals surface area contributed by atoms with Crippen LogP contribution in [-0.4, -0.2) is 38.8 Å². The molecule has 0 unspecified atom stereocenters. The van der Waals surface area contributed by atoms with Crippen LogP contribution >= 0.6 is 11.8 Å². The van der Waals surface area contributed by atoms with Gasteiger partial charge in [-0.1, -0.05) is 0 Å². The zero-order valence-electron chi connectivity index (χ0n) is 6.40. The minimum Gasteiger partial charge on any atom is -0.480 e. The van der Waals surface area contributed by atoms with Gasteiger partial charge >= 0.3 is 11.9 Å². The molecule has 0 saturated carbocycles. The Morgan fingerprint density at radius 3 is 2.42 bits per heavy atom. The Morgan fingerprint density at radius 2 is 2.17 bits per heavy atom. The smallest absolute Gasteiger partial charge is 0.334 e. The van der Waals surface area contributed by atoms with Crippen molar-refractivity contribution in [2.75, 3.05) is 5.75 Å². The summed E-state index contributed by atoms with van der Waals surface area (Å²) < 4.78 is 0. The first-order chi connectivity index (χ1) is 5.46. The molecule has 0 aromatic carbocycles. The molecule has 0 aliphatic carbocycles. The summed E-state index contributed by atoms with van der Waals surface area (Å²) in [5.41, 5.74) is 0. The second kappa shape index (κ2) is 2.95. The van der Waals surface area contributed by atoms with Crippen molar-refractivity contribution in [2.45, 2.75) is 17.8 Å². The highest BCUT2D eigenvalue weighted by Gasteiger charge is 2.44. The largest absolute Gasteiger partial charge is 0.480 e. The van der Waals surface area contributed by atoms with Gasteiger partial charge in [0.25, 0.3) is 0 Å². The molecule has 0 aromatic heterocycles. The Bertz CT molecular complexity index is 232. The molecule has 1 aliphatic heterocycles. The molecule has 0 bridgehead atoms. The van der Waals surface area contributed by atoms with Crippen LogP contribution in [0.3, 0.4) is 0 Å². The third-order valence-corrected chi connectivity index (χ3v) is 3.06. The number of thioether (sulfide) groups is 1. The zero-order valence-corrected chi connectivity index (χ0v) is 7.22. The lowest BCUT2D eigenvalue weighted by molar-refractivity contribution is -0.142. The summed E-state index contributed by atoms with van der Waals surface area (Å²) in [6, 6.07) is -0.754. The minimum absolute atomic E-state index is 0.290. The molecule has 12 heavy (non-hydrogen) atoms. The van der Waals surface area contributed by atoms with E-state index >= 15 is 0 Å². The Morgan fingerprint density at radius 1 is 1.58 bits per heavy atom. The highest BCUT2D eigenvalue weighted by molar-refractivity contribution is 8.01. The average molecular weight is 191 g/mol. The SMILES string of the molecule is C[C@@]1(C(=O)O)N[C@H](C(=O)O)CS1. The van der Waals surface area contributed by atoms with Gasteiger partial charge in [-0.2, -0.15) is 0 Å². The van der Waals surface area contributed by atoms with E-state index in [4.69, 9.17) is 10.2 Å². The molecule has 3 N–H and O–H groups in total. The van der Waals surface area contributed by atoms with Crippen molar-refractivity contribution < 1.29 is 19.8 Å². The van der Waals surface area contributed by atoms with Gasteiger partial charge in [-0.15, -0.1) is 11.8 Å². The van der Waals surface area contributed by atoms with Crippen molar-refractivity contribution in [2.24, 2.45) is 0 Å². The number of rotatable bonds is 2. The number of aliphatic carboxylic acids is 2. The van der Waals surface area contributed by atoms with Gasteiger partial charge in [0.05, 0.1) is 0 Å². The van der Waals surface area contributed by atoms with E-state index in [1.165, 1.54) is 6.92 Å². The molecule has 0 amide bonds. The molecule has 2 atom stereocenters. The Balaban J connectivity index is 2.67. The summed E-state index contributed by atoms with van der Waals surface area (Å²) in [6.07, 6.45) is 0. The number of carbonyl (C=O) groups is 2. The van der Waals surface area contributed by atoms with Crippen molar-refractivity contribution >= 4 is 23.7 Å². The van der Waals surface area contributed by atoms with Gasteiger partial charge in [0.1, 0.15) is 6.04 Å². The molecule has 1 saturated heterocycles. The predicted molar refractivity (Wildman–Crippen MR) is 43.1 cm³/mol. The lowest BCUT2D eigenvalue weighted by Crippen LogP contribution is -2.48. The van der Waals surface area contributed by atoms with Gasteiger partial charge in [0.15, 0.2) is 4.87 Å². The first-order valence-electron chi connectivity index (χ1n) is 3.33. The fourth-order valence-electron chi connectivity index (χ4n) is 0.922. The monoisotopic (exact) mass is 191 g/mol. The van der Waals surface area contributed by atoms with E-state index in [1.54, 1.807) is 0 Å². The molecule has 0 radical (unpaired) electrons. The van der Waals surface area contributed by atoms with Crippen LogP contribution in [0.4, 0.5) is 0 Å². The first-order valence-corrected chi connectivity index (χ1v) is 4.32. The second-order valence-electron chi connectivity index (χ2n) is 2.68. The molecule has 1 fully saturated rings. The fraction of sp³-hybridized carbons (Fsp3) is 0.667. The van der Waals surface area contributed by atoms with E-state index in [1.807, 2.05) is 0 Å². The summed E-state index contributed by atoms with van der Waals surface area (Å²) in [5, 5.41) is 19.8. The van der Waals surface area contributed by atoms with Crippen LogP contribution in [0.25, 0.3) is 0 Å². The summed E-state index contributed by atoms with van der Waals surface area (Å²) in [5.74, 6) is -1.75. The number of hydrogen-bond acceptors (Lipinski definition) is 4. The molecule has 5 nitrogen and oxygen atoms in total. The molecule has 1 heterocycles. The summed E-state index contributed by atoms with van der Waals surface area (Å²) >= 11 is 1.10. The van der Waals surface area contributed by atoms with Gasteiger partial charge in [0, 0.05) is 5.75 Å². The maximum Gasteiger partial charge on any atom is 0.334 e. The highest BCUT2D eigenvalue weighted by Crippen LogP contribution is 2.30. The molecular weight excluding hydrogens is 182 g/mol. The predicted octanol–water partition coefficient (Wildman–Crippen LogP) is -0.423. The van der Waals surface area contributed by atoms with E-state index in [0.717, 1.165) is 11.8 Å². The number of carboxylic acids is 2. The normalized spacial score (nSPS) is 34.9. The Labute approximate surface area is 73.1 Å². The van der Waals surface area contributed by atoms with E-state index in [9.17, 15) is 9.59 Å². The molecule has 1 rings (SSSR count). The van der Waals surface area contributed by atoms with E-state index < -0.39 is 22.9 Å². The van der Waals surface area contributed by atoms with E-state index in [2.05, 4.69) is 5.32 Å². The summed E-state index contributed by atoms with van der Waals surface area (Å²) in [6.45, 7) is 1.46. The molecule has 0 aromatic rings. The number of hydrogen-bond donors (Lipinski definition) is 3. The van der Waals surface area contributed by atoms with Crippen molar-refractivity contribution in [1.82, 2.24) is 5.32 Å². The Kier molecular flexibility index (Phi) is 2.29. The Hall–Kier alpha value is -0.750. The van der Waals surface area contributed by atoms with Crippen LogP contribution < -0.4 is 5.32 Å². The maximum atomic E-state index is 10.6. The summed E-state index contributed by atoms with van der Waals surface area (Å²) in [7, 11) is 0. The average Bonchev–Trinajstić information content (AvgIpc) is 2.33. The van der Waals surface area contributed by atoms with Crippen molar-refractivity contribution in [1.29, 1.82) is 0 Å². The number of nitrogens with one attached hydrogen (secondary N) is 1. The van der Waals surface area contributed by atoms with E-state index in [-0.39, 0.29) is 5.75 Å². The van der Waals surface area contributed by atoms with E-state index in [0.29, 0.717) is 0 Å². The molecule has 1 aliphatic rings. The molecule has 68 valence electrons. The zero-order chi connectivity index (χ0) is 9.35. The van der Waals surface area contributed by atoms with Crippen molar-refractivity contribution in [3.63, 3.8) is 0 Å². The maximum absolute atomic E-state index is 10.6. The molecule has 0 spiro atoms. The summed E-state index contributed by atoms with van der Waals surface area (Å²) in [4.78, 5) is 19.9. The van der Waals surface area contributed by atoms with Crippen LogP contribution in [-0.2, 0) is 9.59 Å². The third-order valence-electron chi connectivity index (χ3n) is 1.69. The number of carboxylic acid groups (broad SMARTS) is 2. The van der Waals surface area contributed by atoms with Gasteiger partial charge in [-0.25, -0.2) is 4.79 Å². The molecular formula is C6H9NO4S. The second-order valence-corrected chi connectivity index (χ2v) is 4.12. The van der Waals surface area contributed by atoms with Crippen LogP contribution in [0.2, 0.25) is 0 Å². The van der Waals surface area contributed by atoms with Gasteiger partial charge in [-0.05, 0) is 6.92 Å². The minimum atomic E-state index is -1.15. The lowest BCUT2D eigenvalue weighted by atomic mass is 10.2. The molecule has 6 heteroatoms. The van der Waals surface area contributed by atoms with Crippen LogP contribution in [0.1, 0.15) is 6.92 Å². The van der Waals surface area contributed by atoms with Gasteiger partial charge in [0.2, 0.25) is 0 Å².